The molecule has 1 aliphatic carbocycles. The average molecular weight is 443 g/mol. The van der Waals surface area contributed by atoms with E-state index < -0.39 is 6.08 Å². The molecular formula is C27H32F2O3. The molecule has 0 aromatic heterocycles. The van der Waals surface area contributed by atoms with Gasteiger partial charge in [0, 0.05) is 6.07 Å². The molecule has 0 bridgehead atoms. The van der Waals surface area contributed by atoms with E-state index in [2.05, 4.69) is 36.6 Å². The molecule has 3 nitrogen and oxygen atoms in total. The summed E-state index contributed by atoms with van der Waals surface area (Å²) in [6, 6.07) is 11.9. The molecule has 5 heteroatoms. The van der Waals surface area contributed by atoms with Crippen LogP contribution in [0.3, 0.4) is 0 Å². The zero-order valence-corrected chi connectivity index (χ0v) is 18.7. The highest BCUT2D eigenvalue weighted by Gasteiger charge is 2.23. The lowest BCUT2D eigenvalue weighted by molar-refractivity contribution is -0.137. The Labute approximate surface area is 189 Å². The van der Waals surface area contributed by atoms with Crippen LogP contribution >= 0.6 is 0 Å². The molecule has 0 unspecified atom stereocenters. The first-order chi connectivity index (χ1) is 15.5. The number of ether oxygens (including phenoxy) is 1. The van der Waals surface area contributed by atoms with Gasteiger partial charge in [-0.05, 0) is 104 Å². The molecule has 0 saturated heterocycles. The molecule has 32 heavy (non-hydrogen) atoms. The molecule has 1 N–H and O–H groups in total. The van der Waals surface area contributed by atoms with E-state index in [-0.39, 0.29) is 0 Å². The lowest BCUT2D eigenvalue weighted by atomic mass is 9.76. The van der Waals surface area contributed by atoms with Crippen molar-refractivity contribution in [1.29, 1.82) is 0 Å². The van der Waals surface area contributed by atoms with Crippen LogP contribution < -0.4 is 9.62 Å². The molecule has 0 aliphatic heterocycles. The van der Waals surface area contributed by atoms with Crippen LogP contribution in [0, 0.1) is 12.8 Å². The van der Waals surface area contributed by atoms with E-state index in [4.69, 9.17) is 9.99 Å². The molecule has 2 aromatic carbocycles. The minimum Gasteiger partial charge on any atom is -0.493 e. The van der Waals surface area contributed by atoms with Crippen molar-refractivity contribution in [3.05, 3.63) is 72.3 Å². The number of hydrogen-bond acceptors (Lipinski definition) is 3. The van der Waals surface area contributed by atoms with Crippen molar-refractivity contribution < 1.29 is 23.7 Å². The van der Waals surface area contributed by atoms with Gasteiger partial charge in [-0.15, -0.1) is 6.58 Å². The molecular weight excluding hydrogens is 410 g/mol. The van der Waals surface area contributed by atoms with Gasteiger partial charge < -0.3 is 9.62 Å². The Bertz CT molecular complexity index is 926. The second-order valence-corrected chi connectivity index (χ2v) is 8.57. The van der Waals surface area contributed by atoms with Crippen LogP contribution in [0.15, 0.2) is 61.2 Å². The van der Waals surface area contributed by atoms with Crippen molar-refractivity contribution in [2.24, 2.45) is 5.92 Å². The molecule has 1 aliphatic rings. The molecule has 0 atom stereocenters. The molecule has 1 saturated carbocycles. The quantitative estimate of drug-likeness (QED) is 0.174. The highest BCUT2D eigenvalue weighted by molar-refractivity contribution is 5.68. The normalized spacial score (nSPS) is 18.1. The standard InChI is InChI=1S/C27H32F2O3/c1-3-4-14-31-24-16-23(17-25(18-24)32-30)22-12-13-26(19(2)15-22)21-10-8-20(9-11-21)6-5-7-27(28)29/h3,7,12-13,15-18,20-21,30H,1,4-6,8-11,14H2,2H3. The third kappa shape index (κ3) is 6.67. The summed E-state index contributed by atoms with van der Waals surface area (Å²) in [5.41, 5.74) is 4.54. The Hall–Kier alpha value is -2.66. The van der Waals surface area contributed by atoms with Gasteiger partial charge in [-0.25, -0.2) is 5.26 Å². The van der Waals surface area contributed by atoms with Gasteiger partial charge in [0.15, 0.2) is 5.75 Å². The van der Waals surface area contributed by atoms with Gasteiger partial charge in [0.1, 0.15) is 5.75 Å². The molecule has 0 spiro atoms. The van der Waals surface area contributed by atoms with Gasteiger partial charge in [0.2, 0.25) is 0 Å². The minimum absolute atomic E-state index is 0.332. The smallest absolute Gasteiger partial charge is 0.266 e. The minimum atomic E-state index is -1.57. The number of halogens is 2. The topological polar surface area (TPSA) is 38.7 Å². The van der Waals surface area contributed by atoms with Gasteiger partial charge >= 0.3 is 0 Å². The first kappa shape index (κ1) is 24.0. The van der Waals surface area contributed by atoms with Crippen molar-refractivity contribution >= 4 is 0 Å². The fourth-order valence-electron chi connectivity index (χ4n) is 4.64. The fourth-order valence-corrected chi connectivity index (χ4v) is 4.64. The molecule has 172 valence electrons. The van der Waals surface area contributed by atoms with Crippen molar-refractivity contribution in [2.45, 2.75) is 57.8 Å². The monoisotopic (exact) mass is 442 g/mol. The number of rotatable bonds is 10. The third-order valence-corrected chi connectivity index (χ3v) is 6.34. The number of aryl methyl sites for hydroxylation is 1. The van der Waals surface area contributed by atoms with Crippen LogP contribution in [0.2, 0.25) is 0 Å². The summed E-state index contributed by atoms with van der Waals surface area (Å²) in [4.78, 5) is 4.48. The number of allylic oxidation sites excluding steroid dienone is 1. The number of benzene rings is 2. The van der Waals surface area contributed by atoms with Crippen LogP contribution in [-0.2, 0) is 0 Å². The van der Waals surface area contributed by atoms with Crippen LogP contribution in [0.1, 0.15) is 62.0 Å². The summed E-state index contributed by atoms with van der Waals surface area (Å²) in [5, 5.41) is 9.16. The maximum Gasteiger partial charge on any atom is 0.266 e. The van der Waals surface area contributed by atoms with Gasteiger partial charge in [0.05, 0.1) is 6.61 Å². The molecule has 0 radical (unpaired) electrons. The van der Waals surface area contributed by atoms with Gasteiger partial charge in [0.25, 0.3) is 6.08 Å². The Morgan fingerprint density at radius 1 is 1.03 bits per heavy atom. The van der Waals surface area contributed by atoms with Crippen molar-refractivity contribution in [3.8, 4) is 22.6 Å². The average Bonchev–Trinajstić information content (AvgIpc) is 2.79. The largest absolute Gasteiger partial charge is 0.493 e. The van der Waals surface area contributed by atoms with Crippen molar-refractivity contribution in [1.82, 2.24) is 0 Å². The zero-order chi connectivity index (χ0) is 22.9. The van der Waals surface area contributed by atoms with Crippen LogP contribution in [0.5, 0.6) is 11.5 Å². The molecule has 1 fully saturated rings. The maximum atomic E-state index is 12.2. The predicted molar refractivity (Wildman–Crippen MR) is 124 cm³/mol. The van der Waals surface area contributed by atoms with Crippen LogP contribution in [-0.4, -0.2) is 11.9 Å². The van der Waals surface area contributed by atoms with E-state index in [1.165, 1.54) is 11.1 Å². The van der Waals surface area contributed by atoms with E-state index in [9.17, 15) is 8.78 Å². The predicted octanol–water partition coefficient (Wildman–Crippen LogP) is 8.30. The SMILES string of the molecule is C=CCCOc1cc(OO)cc(-c2ccc(C3CCC(CCC=C(F)F)CC3)c(C)c2)c1. The zero-order valence-electron chi connectivity index (χ0n) is 18.7. The summed E-state index contributed by atoms with van der Waals surface area (Å²) >= 11 is 0. The highest BCUT2D eigenvalue weighted by Crippen LogP contribution is 2.40. The summed E-state index contributed by atoms with van der Waals surface area (Å²) in [5.74, 6) is 2.02. The second kappa shape index (κ2) is 11.8. The van der Waals surface area contributed by atoms with Gasteiger partial charge in [-0.2, -0.15) is 8.78 Å². The maximum absolute atomic E-state index is 12.2. The van der Waals surface area contributed by atoms with Crippen molar-refractivity contribution in [3.63, 3.8) is 0 Å². The van der Waals surface area contributed by atoms with E-state index in [0.717, 1.165) is 55.7 Å². The lowest BCUT2D eigenvalue weighted by Gasteiger charge is -2.29. The van der Waals surface area contributed by atoms with E-state index in [1.54, 1.807) is 18.2 Å². The van der Waals surface area contributed by atoms with Crippen molar-refractivity contribution in [2.75, 3.05) is 6.61 Å². The van der Waals surface area contributed by atoms with Crippen LogP contribution in [0.25, 0.3) is 11.1 Å². The van der Waals surface area contributed by atoms with E-state index >= 15 is 0 Å². The summed E-state index contributed by atoms with van der Waals surface area (Å²) in [7, 11) is 0. The van der Waals surface area contributed by atoms with E-state index in [0.29, 0.717) is 36.4 Å². The summed E-state index contributed by atoms with van der Waals surface area (Å²) < 4.78 is 30.2. The first-order valence-corrected chi connectivity index (χ1v) is 11.3. The van der Waals surface area contributed by atoms with E-state index in [1.807, 2.05) is 6.07 Å². The molecule has 2 aromatic rings. The Kier molecular flexibility index (Phi) is 8.86. The number of hydrogen-bond donors (Lipinski definition) is 1. The third-order valence-electron chi connectivity index (χ3n) is 6.34. The highest BCUT2D eigenvalue weighted by atomic mass is 19.3. The Balaban J connectivity index is 1.68. The van der Waals surface area contributed by atoms with Gasteiger partial charge in [-0.3, -0.25) is 0 Å². The molecule has 3 rings (SSSR count). The fraction of sp³-hybridized carbons (Fsp3) is 0.407. The Morgan fingerprint density at radius 2 is 1.78 bits per heavy atom. The second-order valence-electron chi connectivity index (χ2n) is 8.57. The van der Waals surface area contributed by atoms with Gasteiger partial charge in [-0.1, -0.05) is 24.3 Å². The molecule has 0 amide bonds. The lowest BCUT2D eigenvalue weighted by Crippen LogP contribution is -2.14. The molecule has 0 heterocycles. The first-order valence-electron chi connectivity index (χ1n) is 11.3. The van der Waals surface area contributed by atoms with Crippen LogP contribution in [0.4, 0.5) is 8.78 Å². The Morgan fingerprint density at radius 3 is 2.44 bits per heavy atom. The summed E-state index contributed by atoms with van der Waals surface area (Å²) in [6.07, 6.45) is 7.71. The summed E-state index contributed by atoms with van der Waals surface area (Å²) in [6.45, 7) is 6.34.